The second-order valence-electron chi connectivity index (χ2n) is 4.63. The van der Waals surface area contributed by atoms with Crippen LogP contribution in [0.4, 0.5) is 0 Å². The van der Waals surface area contributed by atoms with Gasteiger partial charge in [0.15, 0.2) is 0 Å². The van der Waals surface area contributed by atoms with Crippen LogP contribution in [0.5, 0.6) is 0 Å². The summed E-state index contributed by atoms with van der Waals surface area (Å²) in [6.45, 7) is 3.54. The normalized spacial score (nSPS) is 10.2. The van der Waals surface area contributed by atoms with Crippen molar-refractivity contribution in [2.24, 2.45) is 0 Å². The Balaban J connectivity index is 1.69. The van der Waals surface area contributed by atoms with Crippen molar-refractivity contribution in [1.29, 1.82) is 0 Å². The van der Waals surface area contributed by atoms with Gasteiger partial charge >= 0.3 is 0 Å². The van der Waals surface area contributed by atoms with Crippen LogP contribution in [-0.2, 0) is 17.9 Å². The minimum Gasteiger partial charge on any atom is -0.349 e. The van der Waals surface area contributed by atoms with Gasteiger partial charge in [-0.2, -0.15) is 0 Å². The molecule has 1 heterocycles. The van der Waals surface area contributed by atoms with E-state index in [1.54, 1.807) is 6.20 Å². The number of pyridine rings is 1. The number of carbonyl (C=O) groups is 1. The Labute approximate surface area is 119 Å². The summed E-state index contributed by atoms with van der Waals surface area (Å²) in [7, 11) is 0. The van der Waals surface area contributed by atoms with Gasteiger partial charge < -0.3 is 10.6 Å². The van der Waals surface area contributed by atoms with E-state index in [9.17, 15) is 4.79 Å². The molecule has 4 nitrogen and oxygen atoms in total. The second kappa shape index (κ2) is 7.40. The number of nitrogens with zero attached hydrogens (tertiary/aromatic N) is 1. The molecule has 0 bridgehead atoms. The molecule has 0 aliphatic rings. The fraction of sp³-hybridized carbons (Fsp3) is 0.250. The zero-order valence-corrected chi connectivity index (χ0v) is 11.6. The maximum absolute atomic E-state index is 11.7. The fourth-order valence-corrected chi connectivity index (χ4v) is 1.87. The number of hydrogen-bond acceptors (Lipinski definition) is 3. The average Bonchev–Trinajstić information content (AvgIpc) is 2.48. The number of aryl methyl sites for hydroxylation is 1. The predicted molar refractivity (Wildman–Crippen MR) is 79.0 cm³/mol. The van der Waals surface area contributed by atoms with Gasteiger partial charge in [0.05, 0.1) is 18.8 Å². The van der Waals surface area contributed by atoms with Crippen molar-refractivity contribution < 1.29 is 4.79 Å². The van der Waals surface area contributed by atoms with Crippen molar-refractivity contribution in [1.82, 2.24) is 15.6 Å². The van der Waals surface area contributed by atoms with Gasteiger partial charge in [0.2, 0.25) is 5.91 Å². The highest BCUT2D eigenvalue weighted by molar-refractivity contribution is 5.77. The molecule has 1 aromatic heterocycles. The van der Waals surface area contributed by atoms with Crippen molar-refractivity contribution in [2.45, 2.75) is 20.0 Å². The van der Waals surface area contributed by atoms with Gasteiger partial charge in [0, 0.05) is 12.7 Å². The van der Waals surface area contributed by atoms with Gasteiger partial charge in [-0.05, 0) is 30.2 Å². The first-order valence-corrected chi connectivity index (χ1v) is 6.67. The molecular weight excluding hydrogens is 250 g/mol. The third kappa shape index (κ3) is 4.48. The molecule has 2 aromatic rings. The van der Waals surface area contributed by atoms with E-state index in [4.69, 9.17) is 0 Å². The first kappa shape index (κ1) is 14.2. The summed E-state index contributed by atoms with van der Waals surface area (Å²) in [6, 6.07) is 13.8. The van der Waals surface area contributed by atoms with E-state index in [1.807, 2.05) is 30.3 Å². The molecule has 2 N–H and O–H groups in total. The van der Waals surface area contributed by atoms with Crippen molar-refractivity contribution in [3.63, 3.8) is 0 Å². The van der Waals surface area contributed by atoms with Crippen LogP contribution in [0.3, 0.4) is 0 Å². The lowest BCUT2D eigenvalue weighted by molar-refractivity contribution is -0.120. The van der Waals surface area contributed by atoms with E-state index < -0.39 is 0 Å². The van der Waals surface area contributed by atoms with E-state index in [0.717, 1.165) is 5.69 Å². The van der Waals surface area contributed by atoms with Crippen LogP contribution < -0.4 is 10.6 Å². The van der Waals surface area contributed by atoms with Crippen LogP contribution in [0, 0.1) is 6.92 Å². The molecule has 20 heavy (non-hydrogen) atoms. The summed E-state index contributed by atoms with van der Waals surface area (Å²) in [4.78, 5) is 15.8. The van der Waals surface area contributed by atoms with E-state index >= 15 is 0 Å². The van der Waals surface area contributed by atoms with Gasteiger partial charge in [-0.3, -0.25) is 9.78 Å². The van der Waals surface area contributed by atoms with E-state index in [2.05, 4.69) is 34.7 Å². The van der Waals surface area contributed by atoms with Gasteiger partial charge in [0.1, 0.15) is 0 Å². The maximum Gasteiger partial charge on any atom is 0.234 e. The Hall–Kier alpha value is -2.20. The Morgan fingerprint density at radius 3 is 2.65 bits per heavy atom. The van der Waals surface area contributed by atoms with Crippen LogP contribution in [0.1, 0.15) is 16.8 Å². The van der Waals surface area contributed by atoms with Gasteiger partial charge in [-0.15, -0.1) is 0 Å². The van der Waals surface area contributed by atoms with Gasteiger partial charge in [-0.1, -0.05) is 30.3 Å². The SMILES string of the molecule is Cc1ccccc1CNCC(=O)NCc1ccccn1. The summed E-state index contributed by atoms with van der Waals surface area (Å²) < 4.78 is 0. The zero-order valence-electron chi connectivity index (χ0n) is 11.6. The lowest BCUT2D eigenvalue weighted by Crippen LogP contribution is -2.33. The third-order valence-electron chi connectivity index (χ3n) is 3.06. The highest BCUT2D eigenvalue weighted by atomic mass is 16.1. The smallest absolute Gasteiger partial charge is 0.234 e. The predicted octanol–water partition coefficient (Wildman–Crippen LogP) is 1.80. The molecule has 0 saturated carbocycles. The topological polar surface area (TPSA) is 54.0 Å². The number of nitrogens with one attached hydrogen (secondary N) is 2. The molecule has 104 valence electrons. The zero-order chi connectivity index (χ0) is 14.2. The van der Waals surface area contributed by atoms with E-state index in [1.165, 1.54) is 11.1 Å². The summed E-state index contributed by atoms with van der Waals surface area (Å²) in [5, 5.41) is 5.98. The Bertz CT molecular complexity index is 555. The lowest BCUT2D eigenvalue weighted by Gasteiger charge is -2.08. The van der Waals surface area contributed by atoms with Crippen LogP contribution in [0.2, 0.25) is 0 Å². The van der Waals surface area contributed by atoms with Crippen LogP contribution in [-0.4, -0.2) is 17.4 Å². The van der Waals surface area contributed by atoms with Gasteiger partial charge in [-0.25, -0.2) is 0 Å². The van der Waals surface area contributed by atoms with E-state index in [-0.39, 0.29) is 5.91 Å². The molecule has 0 aliphatic carbocycles. The number of rotatable bonds is 6. The Morgan fingerprint density at radius 1 is 1.10 bits per heavy atom. The van der Waals surface area contributed by atoms with Crippen molar-refractivity contribution in [2.75, 3.05) is 6.54 Å². The number of carbonyl (C=O) groups excluding carboxylic acids is 1. The molecule has 0 radical (unpaired) electrons. The van der Waals surface area contributed by atoms with Crippen molar-refractivity contribution in [3.05, 3.63) is 65.5 Å². The third-order valence-corrected chi connectivity index (χ3v) is 3.06. The molecule has 1 aromatic carbocycles. The van der Waals surface area contributed by atoms with Crippen LogP contribution >= 0.6 is 0 Å². The molecule has 0 saturated heterocycles. The minimum atomic E-state index is -0.0239. The maximum atomic E-state index is 11.7. The number of aromatic nitrogens is 1. The Morgan fingerprint density at radius 2 is 1.90 bits per heavy atom. The second-order valence-corrected chi connectivity index (χ2v) is 4.63. The molecule has 1 amide bonds. The van der Waals surface area contributed by atoms with E-state index in [0.29, 0.717) is 19.6 Å². The summed E-state index contributed by atoms with van der Waals surface area (Å²) in [5.41, 5.74) is 3.30. The fourth-order valence-electron chi connectivity index (χ4n) is 1.87. The van der Waals surface area contributed by atoms with Gasteiger partial charge in [0.25, 0.3) is 0 Å². The number of benzene rings is 1. The minimum absolute atomic E-state index is 0.0239. The molecule has 0 unspecified atom stereocenters. The molecule has 4 heteroatoms. The highest BCUT2D eigenvalue weighted by Crippen LogP contribution is 2.05. The largest absolute Gasteiger partial charge is 0.349 e. The van der Waals surface area contributed by atoms with Crippen LogP contribution in [0.25, 0.3) is 0 Å². The summed E-state index contributed by atoms with van der Waals surface area (Å²) >= 11 is 0. The number of amides is 1. The quantitative estimate of drug-likeness (QED) is 0.840. The molecule has 0 atom stereocenters. The van der Waals surface area contributed by atoms with Crippen molar-refractivity contribution in [3.8, 4) is 0 Å². The van der Waals surface area contributed by atoms with Crippen LogP contribution in [0.15, 0.2) is 48.7 Å². The molecular formula is C16H19N3O. The molecule has 0 spiro atoms. The summed E-state index contributed by atoms with van der Waals surface area (Å²) in [5.74, 6) is -0.0239. The molecule has 2 rings (SSSR count). The Kier molecular flexibility index (Phi) is 5.26. The lowest BCUT2D eigenvalue weighted by atomic mass is 10.1. The molecule has 0 fully saturated rings. The highest BCUT2D eigenvalue weighted by Gasteiger charge is 2.02. The summed E-state index contributed by atoms with van der Waals surface area (Å²) in [6.07, 6.45) is 1.72. The number of hydrogen-bond donors (Lipinski definition) is 2. The standard InChI is InChI=1S/C16H19N3O/c1-13-6-2-3-7-14(13)10-17-12-16(20)19-11-15-8-4-5-9-18-15/h2-9,17H,10-12H2,1H3,(H,19,20). The first-order chi connectivity index (χ1) is 9.75. The first-order valence-electron chi connectivity index (χ1n) is 6.67. The van der Waals surface area contributed by atoms with Crippen molar-refractivity contribution >= 4 is 5.91 Å². The molecule has 0 aliphatic heterocycles. The average molecular weight is 269 g/mol. The monoisotopic (exact) mass is 269 g/mol.